The van der Waals surface area contributed by atoms with Crippen LogP contribution in [-0.2, 0) is 0 Å². The highest BCUT2D eigenvalue weighted by molar-refractivity contribution is 5.04. The Bertz CT molecular complexity index is 146. The molecule has 66 valence electrons. The molecule has 0 amide bonds. The van der Waals surface area contributed by atoms with Gasteiger partial charge in [-0.25, -0.2) is 0 Å². The molecule has 0 N–H and O–H groups in total. The molecule has 1 aliphatic carbocycles. The standard InChI is InChI=1S/C11H22/c1-6-10(3,4)9-8-11(9,5)7-2/h9H,6-8H2,1-5H3. The highest BCUT2D eigenvalue weighted by atomic mass is 14.6. The van der Waals surface area contributed by atoms with E-state index in [2.05, 4.69) is 34.6 Å². The second kappa shape index (κ2) is 2.50. The lowest BCUT2D eigenvalue weighted by Crippen LogP contribution is -2.16. The maximum Gasteiger partial charge on any atom is -0.0292 e. The average Bonchev–Trinajstić information content (AvgIpc) is 2.65. The van der Waals surface area contributed by atoms with E-state index in [9.17, 15) is 0 Å². The lowest BCUT2D eigenvalue weighted by molar-refractivity contribution is 0.247. The van der Waals surface area contributed by atoms with Gasteiger partial charge in [-0.15, -0.1) is 0 Å². The largest absolute Gasteiger partial charge is 0.0649 e. The van der Waals surface area contributed by atoms with Crippen LogP contribution in [0.3, 0.4) is 0 Å². The molecule has 0 saturated heterocycles. The van der Waals surface area contributed by atoms with Gasteiger partial charge in [0.1, 0.15) is 0 Å². The Hall–Kier alpha value is 0. The Morgan fingerprint density at radius 1 is 1.36 bits per heavy atom. The Morgan fingerprint density at radius 3 is 2.18 bits per heavy atom. The van der Waals surface area contributed by atoms with Crippen molar-refractivity contribution in [3.05, 3.63) is 0 Å². The van der Waals surface area contributed by atoms with Gasteiger partial charge in [0, 0.05) is 0 Å². The molecule has 0 nitrogen and oxygen atoms in total. The Kier molecular flexibility index (Phi) is 2.07. The summed E-state index contributed by atoms with van der Waals surface area (Å²) >= 11 is 0. The Balaban J connectivity index is 2.55. The van der Waals surface area contributed by atoms with Crippen LogP contribution >= 0.6 is 0 Å². The molecule has 0 radical (unpaired) electrons. The van der Waals surface area contributed by atoms with Crippen LogP contribution in [0.15, 0.2) is 0 Å². The predicted molar refractivity (Wildman–Crippen MR) is 50.6 cm³/mol. The van der Waals surface area contributed by atoms with Crippen molar-refractivity contribution in [2.24, 2.45) is 16.7 Å². The van der Waals surface area contributed by atoms with Gasteiger partial charge in [0.15, 0.2) is 0 Å². The molecule has 0 aromatic heterocycles. The van der Waals surface area contributed by atoms with Gasteiger partial charge >= 0.3 is 0 Å². The van der Waals surface area contributed by atoms with Gasteiger partial charge in [0.05, 0.1) is 0 Å². The van der Waals surface area contributed by atoms with Crippen molar-refractivity contribution in [2.45, 2.75) is 53.9 Å². The molecule has 0 spiro atoms. The summed E-state index contributed by atoms with van der Waals surface area (Å²) < 4.78 is 0. The topological polar surface area (TPSA) is 0 Å². The molecule has 0 bridgehead atoms. The Labute approximate surface area is 71.4 Å². The van der Waals surface area contributed by atoms with E-state index in [0.717, 1.165) is 5.92 Å². The van der Waals surface area contributed by atoms with E-state index in [4.69, 9.17) is 0 Å². The quantitative estimate of drug-likeness (QED) is 0.579. The molecule has 1 saturated carbocycles. The summed E-state index contributed by atoms with van der Waals surface area (Å²) in [5.41, 5.74) is 1.28. The minimum atomic E-state index is 0.588. The molecule has 1 rings (SSSR count). The first-order chi connectivity index (χ1) is 4.96. The molecular formula is C11H22. The second-order valence-electron chi connectivity index (χ2n) is 5.11. The van der Waals surface area contributed by atoms with E-state index < -0.39 is 0 Å². The van der Waals surface area contributed by atoms with Crippen LogP contribution in [0.25, 0.3) is 0 Å². The molecule has 2 unspecified atom stereocenters. The normalized spacial score (nSPS) is 37.4. The van der Waals surface area contributed by atoms with Crippen molar-refractivity contribution in [2.75, 3.05) is 0 Å². The summed E-state index contributed by atoms with van der Waals surface area (Å²) in [6.45, 7) is 11.9. The molecule has 0 heteroatoms. The minimum Gasteiger partial charge on any atom is -0.0649 e. The zero-order valence-electron chi connectivity index (χ0n) is 8.70. The fraction of sp³-hybridized carbons (Fsp3) is 1.00. The third-order valence-electron chi connectivity index (χ3n) is 4.01. The predicted octanol–water partition coefficient (Wildman–Crippen LogP) is 3.86. The lowest BCUT2D eigenvalue weighted by atomic mass is 9.80. The van der Waals surface area contributed by atoms with E-state index in [1.165, 1.54) is 19.3 Å². The van der Waals surface area contributed by atoms with E-state index in [0.29, 0.717) is 10.8 Å². The van der Waals surface area contributed by atoms with Gasteiger partial charge in [-0.1, -0.05) is 47.5 Å². The first-order valence-electron chi connectivity index (χ1n) is 4.96. The van der Waals surface area contributed by atoms with Crippen LogP contribution in [0, 0.1) is 16.7 Å². The van der Waals surface area contributed by atoms with Crippen LogP contribution in [0.2, 0.25) is 0 Å². The Morgan fingerprint density at radius 2 is 1.91 bits per heavy atom. The van der Waals surface area contributed by atoms with Gasteiger partial charge in [0.2, 0.25) is 0 Å². The van der Waals surface area contributed by atoms with Crippen molar-refractivity contribution in [3.8, 4) is 0 Å². The third kappa shape index (κ3) is 1.45. The van der Waals surface area contributed by atoms with Crippen LogP contribution in [0.1, 0.15) is 53.9 Å². The van der Waals surface area contributed by atoms with Gasteiger partial charge in [-0.2, -0.15) is 0 Å². The average molecular weight is 154 g/mol. The van der Waals surface area contributed by atoms with Crippen LogP contribution in [0.5, 0.6) is 0 Å². The summed E-state index contributed by atoms with van der Waals surface area (Å²) in [5.74, 6) is 0.991. The molecule has 1 aliphatic rings. The van der Waals surface area contributed by atoms with Gasteiger partial charge < -0.3 is 0 Å². The fourth-order valence-electron chi connectivity index (χ4n) is 2.26. The fourth-order valence-corrected chi connectivity index (χ4v) is 2.26. The van der Waals surface area contributed by atoms with Gasteiger partial charge in [-0.05, 0) is 23.2 Å². The highest BCUT2D eigenvalue weighted by Crippen LogP contribution is 2.63. The van der Waals surface area contributed by atoms with E-state index in [1.807, 2.05) is 0 Å². The molecule has 1 fully saturated rings. The molecule has 0 aliphatic heterocycles. The SMILES string of the molecule is CCC(C)(C)C1CC1(C)CC. The minimum absolute atomic E-state index is 0.588. The molecule has 2 atom stereocenters. The molecule has 0 aromatic carbocycles. The first-order valence-corrected chi connectivity index (χ1v) is 4.96. The van der Waals surface area contributed by atoms with Crippen LogP contribution in [0.4, 0.5) is 0 Å². The summed E-state index contributed by atoms with van der Waals surface area (Å²) in [7, 11) is 0. The zero-order valence-corrected chi connectivity index (χ0v) is 8.70. The summed E-state index contributed by atoms with van der Waals surface area (Å²) in [6, 6.07) is 0. The summed E-state index contributed by atoms with van der Waals surface area (Å²) in [6.07, 6.45) is 4.15. The van der Waals surface area contributed by atoms with Crippen molar-refractivity contribution in [3.63, 3.8) is 0 Å². The van der Waals surface area contributed by atoms with E-state index in [1.54, 1.807) is 0 Å². The van der Waals surface area contributed by atoms with E-state index >= 15 is 0 Å². The van der Waals surface area contributed by atoms with Crippen molar-refractivity contribution < 1.29 is 0 Å². The highest BCUT2D eigenvalue weighted by Gasteiger charge is 2.54. The van der Waals surface area contributed by atoms with Crippen molar-refractivity contribution in [1.82, 2.24) is 0 Å². The lowest BCUT2D eigenvalue weighted by Gasteiger charge is -2.25. The van der Waals surface area contributed by atoms with E-state index in [-0.39, 0.29) is 0 Å². The monoisotopic (exact) mass is 154 g/mol. The maximum absolute atomic E-state index is 2.44. The zero-order chi connectivity index (χ0) is 8.70. The third-order valence-corrected chi connectivity index (χ3v) is 4.01. The van der Waals surface area contributed by atoms with Crippen LogP contribution in [-0.4, -0.2) is 0 Å². The van der Waals surface area contributed by atoms with Gasteiger partial charge in [-0.3, -0.25) is 0 Å². The molecule has 0 heterocycles. The first kappa shape index (κ1) is 9.09. The van der Waals surface area contributed by atoms with Crippen molar-refractivity contribution in [1.29, 1.82) is 0 Å². The van der Waals surface area contributed by atoms with Gasteiger partial charge in [0.25, 0.3) is 0 Å². The number of hydrogen-bond acceptors (Lipinski definition) is 0. The molecule has 11 heavy (non-hydrogen) atoms. The number of rotatable bonds is 3. The second-order valence-corrected chi connectivity index (χ2v) is 5.11. The smallest absolute Gasteiger partial charge is 0.0292 e. The molecule has 0 aromatic rings. The molecular weight excluding hydrogens is 132 g/mol. The van der Waals surface area contributed by atoms with Crippen LogP contribution < -0.4 is 0 Å². The van der Waals surface area contributed by atoms with Crippen molar-refractivity contribution >= 4 is 0 Å². The number of hydrogen-bond donors (Lipinski definition) is 0. The maximum atomic E-state index is 2.44. The summed E-state index contributed by atoms with van der Waals surface area (Å²) in [5, 5.41) is 0. The summed E-state index contributed by atoms with van der Waals surface area (Å²) in [4.78, 5) is 0.